The molecular weight excluding hydrogens is 352 g/mol. The van der Waals surface area contributed by atoms with E-state index in [1.807, 2.05) is 6.92 Å². The van der Waals surface area contributed by atoms with Crippen LogP contribution in [0.3, 0.4) is 0 Å². The number of guanidine groups is 1. The second-order valence-corrected chi connectivity index (χ2v) is 6.98. The van der Waals surface area contributed by atoms with Crippen molar-refractivity contribution in [2.24, 2.45) is 4.99 Å². The summed E-state index contributed by atoms with van der Waals surface area (Å²) in [5.41, 5.74) is 1.19. The number of amides is 1. The lowest BCUT2D eigenvalue weighted by Crippen LogP contribution is -2.49. The Bertz CT molecular complexity index is 813. The van der Waals surface area contributed by atoms with Crippen LogP contribution in [0.1, 0.15) is 32.3 Å². The number of benzene rings is 2. The normalized spacial score (nSPS) is 15.5. The van der Waals surface area contributed by atoms with Crippen LogP contribution in [-0.2, 0) is 11.3 Å². The minimum atomic E-state index is -0.210. The Kier molecular flexibility index (Phi) is 7.12. The molecule has 3 rings (SSSR count). The number of aliphatic imine (C=N–C) groups is 1. The van der Waals surface area contributed by atoms with Crippen molar-refractivity contribution in [2.75, 3.05) is 26.2 Å². The van der Waals surface area contributed by atoms with Gasteiger partial charge in [-0.15, -0.1) is 0 Å². The molecule has 0 radical (unpaired) electrons. The van der Waals surface area contributed by atoms with E-state index in [-0.39, 0.29) is 6.09 Å². The zero-order valence-electron chi connectivity index (χ0n) is 16.8. The number of likely N-dealkylation sites (tertiary alicyclic amines) is 1. The number of nitrogens with zero attached hydrogens (tertiary/aromatic N) is 2. The molecule has 0 atom stereocenters. The number of ether oxygens (including phenoxy) is 1. The van der Waals surface area contributed by atoms with Gasteiger partial charge in [0.25, 0.3) is 0 Å². The summed E-state index contributed by atoms with van der Waals surface area (Å²) < 4.78 is 5.08. The fourth-order valence-electron chi connectivity index (χ4n) is 3.44. The van der Waals surface area contributed by atoms with E-state index in [2.05, 4.69) is 60.0 Å². The molecule has 0 spiro atoms. The van der Waals surface area contributed by atoms with Crippen LogP contribution in [0.25, 0.3) is 10.8 Å². The molecule has 150 valence electrons. The van der Waals surface area contributed by atoms with Crippen molar-refractivity contribution in [2.45, 2.75) is 39.3 Å². The Morgan fingerprint density at radius 2 is 1.89 bits per heavy atom. The van der Waals surface area contributed by atoms with E-state index in [4.69, 9.17) is 9.73 Å². The summed E-state index contributed by atoms with van der Waals surface area (Å²) in [5.74, 6) is 0.824. The molecule has 1 aliphatic rings. The van der Waals surface area contributed by atoms with Gasteiger partial charge in [-0.2, -0.15) is 0 Å². The first-order valence-electron chi connectivity index (χ1n) is 10.1. The van der Waals surface area contributed by atoms with Gasteiger partial charge in [-0.1, -0.05) is 36.4 Å². The monoisotopic (exact) mass is 382 g/mol. The van der Waals surface area contributed by atoms with E-state index in [1.54, 1.807) is 4.90 Å². The number of hydrogen-bond acceptors (Lipinski definition) is 3. The van der Waals surface area contributed by atoms with Crippen molar-refractivity contribution in [1.29, 1.82) is 0 Å². The third-order valence-corrected chi connectivity index (χ3v) is 4.94. The molecule has 6 heteroatoms. The molecular formula is C22H30N4O2. The molecule has 0 aliphatic carbocycles. The van der Waals surface area contributed by atoms with E-state index < -0.39 is 0 Å². The van der Waals surface area contributed by atoms with E-state index in [9.17, 15) is 4.79 Å². The third kappa shape index (κ3) is 5.38. The minimum absolute atomic E-state index is 0.210. The molecule has 0 unspecified atom stereocenters. The molecule has 1 aliphatic heterocycles. The number of carbonyl (C=O) groups excluding carboxylic acids is 1. The lowest BCUT2D eigenvalue weighted by atomic mass is 10.1. The van der Waals surface area contributed by atoms with Gasteiger partial charge in [-0.3, -0.25) is 0 Å². The molecule has 2 aromatic rings. The molecule has 1 fully saturated rings. The highest BCUT2D eigenvalue weighted by molar-refractivity contribution is 5.83. The third-order valence-electron chi connectivity index (χ3n) is 4.94. The predicted octanol–water partition coefficient (Wildman–Crippen LogP) is 3.52. The fraction of sp³-hybridized carbons (Fsp3) is 0.455. The van der Waals surface area contributed by atoms with E-state index >= 15 is 0 Å². The number of rotatable bonds is 5. The molecule has 0 saturated carbocycles. The number of nitrogens with one attached hydrogen (secondary N) is 2. The molecule has 28 heavy (non-hydrogen) atoms. The smallest absolute Gasteiger partial charge is 0.409 e. The maximum Gasteiger partial charge on any atom is 0.409 e. The molecule has 2 N–H and O–H groups in total. The van der Waals surface area contributed by atoms with Gasteiger partial charge in [0, 0.05) is 25.7 Å². The zero-order valence-corrected chi connectivity index (χ0v) is 16.8. The second-order valence-electron chi connectivity index (χ2n) is 6.98. The summed E-state index contributed by atoms with van der Waals surface area (Å²) in [6, 6.07) is 15.1. The molecule has 1 heterocycles. The molecule has 1 amide bonds. The predicted molar refractivity (Wildman–Crippen MR) is 114 cm³/mol. The molecule has 2 aromatic carbocycles. The molecule has 6 nitrogen and oxygen atoms in total. The van der Waals surface area contributed by atoms with Crippen LogP contribution in [0.4, 0.5) is 4.79 Å². The number of piperidine rings is 1. The molecule has 0 bridgehead atoms. The van der Waals surface area contributed by atoms with Gasteiger partial charge in [0.1, 0.15) is 0 Å². The minimum Gasteiger partial charge on any atom is -0.450 e. The highest BCUT2D eigenvalue weighted by atomic mass is 16.6. The number of carbonyl (C=O) groups is 1. The van der Waals surface area contributed by atoms with Crippen LogP contribution < -0.4 is 10.6 Å². The number of fused-ring (bicyclic) bond motifs is 1. The van der Waals surface area contributed by atoms with Crippen molar-refractivity contribution in [3.05, 3.63) is 48.0 Å². The van der Waals surface area contributed by atoms with Crippen molar-refractivity contribution in [1.82, 2.24) is 15.5 Å². The largest absolute Gasteiger partial charge is 0.450 e. The Morgan fingerprint density at radius 3 is 2.61 bits per heavy atom. The SMILES string of the molecule is CCNC(=NCc1ccc2ccccc2c1)NC1CCN(C(=O)OCC)CC1. The highest BCUT2D eigenvalue weighted by Gasteiger charge is 2.24. The maximum atomic E-state index is 11.8. The Morgan fingerprint density at radius 1 is 1.14 bits per heavy atom. The van der Waals surface area contributed by atoms with Crippen LogP contribution in [0.2, 0.25) is 0 Å². The summed E-state index contributed by atoms with van der Waals surface area (Å²) in [7, 11) is 0. The second kappa shape index (κ2) is 9.97. The number of hydrogen-bond donors (Lipinski definition) is 2. The quantitative estimate of drug-likeness (QED) is 0.613. The van der Waals surface area contributed by atoms with E-state index in [1.165, 1.54) is 16.3 Å². The standard InChI is InChI=1S/C22H30N4O2/c1-3-23-21(25-20-11-13-26(14-12-20)22(27)28-4-2)24-16-17-9-10-18-7-5-6-8-19(18)15-17/h5-10,15,20H,3-4,11-14,16H2,1-2H3,(H2,23,24,25). The lowest BCUT2D eigenvalue weighted by Gasteiger charge is -2.32. The first kappa shape index (κ1) is 20.0. The average Bonchev–Trinajstić information content (AvgIpc) is 2.73. The van der Waals surface area contributed by atoms with Gasteiger partial charge in [0.15, 0.2) is 5.96 Å². The first-order chi connectivity index (χ1) is 13.7. The van der Waals surface area contributed by atoms with Gasteiger partial charge in [-0.25, -0.2) is 9.79 Å². The zero-order chi connectivity index (χ0) is 19.8. The Balaban J connectivity index is 1.57. The van der Waals surface area contributed by atoms with Crippen molar-refractivity contribution in [3.8, 4) is 0 Å². The van der Waals surface area contributed by atoms with E-state index in [0.29, 0.717) is 32.3 Å². The van der Waals surface area contributed by atoms with Crippen molar-refractivity contribution in [3.63, 3.8) is 0 Å². The topological polar surface area (TPSA) is 66.0 Å². The van der Waals surface area contributed by atoms with Crippen LogP contribution in [0.15, 0.2) is 47.5 Å². The summed E-state index contributed by atoms with van der Waals surface area (Å²) in [5, 5.41) is 9.32. The van der Waals surface area contributed by atoms with Gasteiger partial charge in [0.05, 0.1) is 13.2 Å². The highest BCUT2D eigenvalue weighted by Crippen LogP contribution is 2.16. The lowest BCUT2D eigenvalue weighted by molar-refractivity contribution is 0.0963. The van der Waals surface area contributed by atoms with E-state index in [0.717, 1.165) is 25.3 Å². The van der Waals surface area contributed by atoms with Crippen LogP contribution in [0, 0.1) is 0 Å². The summed E-state index contributed by atoms with van der Waals surface area (Å²) in [6.07, 6.45) is 1.57. The van der Waals surface area contributed by atoms with Gasteiger partial charge < -0.3 is 20.3 Å². The van der Waals surface area contributed by atoms with Crippen LogP contribution in [0.5, 0.6) is 0 Å². The van der Waals surface area contributed by atoms with Crippen molar-refractivity contribution < 1.29 is 9.53 Å². The first-order valence-corrected chi connectivity index (χ1v) is 10.1. The van der Waals surface area contributed by atoms with Gasteiger partial charge in [-0.05, 0) is 49.1 Å². The van der Waals surface area contributed by atoms with Crippen molar-refractivity contribution >= 4 is 22.8 Å². The Hall–Kier alpha value is -2.76. The maximum absolute atomic E-state index is 11.8. The molecule has 0 aromatic heterocycles. The van der Waals surface area contributed by atoms with Gasteiger partial charge in [0.2, 0.25) is 0 Å². The fourth-order valence-corrected chi connectivity index (χ4v) is 3.44. The summed E-state index contributed by atoms with van der Waals surface area (Å²) in [4.78, 5) is 18.4. The van der Waals surface area contributed by atoms with Gasteiger partial charge >= 0.3 is 6.09 Å². The van der Waals surface area contributed by atoms with Crippen LogP contribution >= 0.6 is 0 Å². The summed E-state index contributed by atoms with van der Waals surface area (Å²) >= 11 is 0. The average molecular weight is 383 g/mol. The Labute approximate surface area is 167 Å². The summed E-state index contributed by atoms with van der Waals surface area (Å²) in [6.45, 7) is 7.18. The molecule has 1 saturated heterocycles. The van der Waals surface area contributed by atoms with Crippen LogP contribution in [-0.4, -0.2) is 49.2 Å².